The lowest BCUT2D eigenvalue weighted by atomic mass is 10.1. The molecule has 1 aliphatic rings. The maximum Gasteiger partial charge on any atom is 0.250 e. The fourth-order valence-corrected chi connectivity index (χ4v) is 3.45. The number of ether oxygens (including phenoxy) is 1. The van der Waals surface area contributed by atoms with Crippen LogP contribution in [0.3, 0.4) is 0 Å². The maximum atomic E-state index is 11.5. The average Bonchev–Trinajstić information content (AvgIpc) is 2.72. The van der Waals surface area contributed by atoms with Gasteiger partial charge in [0.2, 0.25) is 0 Å². The molecule has 0 saturated carbocycles. The summed E-state index contributed by atoms with van der Waals surface area (Å²) < 4.78 is 5.23. The summed E-state index contributed by atoms with van der Waals surface area (Å²) in [5.74, 6) is 0.479. The molecule has 0 aromatic heterocycles. The largest absolute Gasteiger partial charge is 0.497 e. The number of nitrogens with zero attached hydrogens (tertiary/aromatic N) is 2. The first-order chi connectivity index (χ1) is 13.1. The first kappa shape index (κ1) is 19.0. The van der Waals surface area contributed by atoms with Gasteiger partial charge in [0.25, 0.3) is 5.91 Å². The van der Waals surface area contributed by atoms with Crippen LogP contribution in [0.25, 0.3) is 0 Å². The summed E-state index contributed by atoms with van der Waals surface area (Å²) >= 11 is 0. The molecule has 1 unspecified atom stereocenters. The smallest absolute Gasteiger partial charge is 0.250 e. The molecule has 3 N–H and O–H groups in total. The van der Waals surface area contributed by atoms with Gasteiger partial charge in [-0.15, -0.1) is 0 Å². The normalized spacial score (nSPS) is 16.0. The van der Waals surface area contributed by atoms with Gasteiger partial charge in [0.1, 0.15) is 5.75 Å². The van der Waals surface area contributed by atoms with Gasteiger partial charge in [-0.2, -0.15) is 0 Å². The van der Waals surface area contributed by atoms with Crippen LogP contribution in [0.1, 0.15) is 17.3 Å². The number of hydrogen-bond donors (Lipinski definition) is 2. The standard InChI is InChI=1S/C21H28N4O2/c1-16(15-23-20-6-4-3-5-19(20)21(22)26)24-11-13-25(14-12-24)17-7-9-18(27-2)10-8-17/h3-10,16,23H,11-15H2,1-2H3,(H2,22,26). The maximum absolute atomic E-state index is 11.5. The Kier molecular flexibility index (Phi) is 6.19. The molecule has 6 heteroatoms. The SMILES string of the molecule is COc1ccc(N2CCN(C(C)CNc3ccccc3C(N)=O)CC2)cc1. The van der Waals surface area contributed by atoms with Crippen LogP contribution >= 0.6 is 0 Å². The lowest BCUT2D eigenvalue weighted by Gasteiger charge is -2.39. The molecule has 27 heavy (non-hydrogen) atoms. The lowest BCUT2D eigenvalue weighted by molar-refractivity contribution is 0.100. The molecule has 1 saturated heterocycles. The molecular weight excluding hydrogens is 340 g/mol. The van der Waals surface area contributed by atoms with Crippen molar-refractivity contribution in [3.63, 3.8) is 0 Å². The number of piperazine rings is 1. The van der Waals surface area contributed by atoms with Crippen molar-refractivity contribution in [1.29, 1.82) is 0 Å². The Hall–Kier alpha value is -2.73. The molecule has 6 nitrogen and oxygen atoms in total. The van der Waals surface area contributed by atoms with E-state index >= 15 is 0 Å². The van der Waals surface area contributed by atoms with E-state index in [1.807, 2.05) is 30.3 Å². The molecule has 0 bridgehead atoms. The Morgan fingerprint density at radius 3 is 2.41 bits per heavy atom. The summed E-state index contributed by atoms with van der Waals surface area (Å²) in [6, 6.07) is 16.0. The van der Waals surface area contributed by atoms with Gasteiger partial charge in [-0.3, -0.25) is 9.69 Å². The molecule has 1 aliphatic heterocycles. The van der Waals surface area contributed by atoms with E-state index in [-0.39, 0.29) is 0 Å². The fourth-order valence-electron chi connectivity index (χ4n) is 3.45. The second-order valence-electron chi connectivity index (χ2n) is 6.86. The number of nitrogens with two attached hydrogens (primary N) is 1. The Morgan fingerprint density at radius 1 is 1.11 bits per heavy atom. The van der Waals surface area contributed by atoms with Crippen LogP contribution in [-0.4, -0.2) is 56.7 Å². The van der Waals surface area contributed by atoms with Crippen molar-refractivity contribution in [3.05, 3.63) is 54.1 Å². The van der Waals surface area contributed by atoms with Gasteiger partial charge in [-0.1, -0.05) is 12.1 Å². The minimum absolute atomic E-state index is 0.365. The molecule has 1 atom stereocenters. The summed E-state index contributed by atoms with van der Waals surface area (Å²) in [7, 11) is 1.69. The summed E-state index contributed by atoms with van der Waals surface area (Å²) in [5, 5.41) is 3.38. The van der Waals surface area contributed by atoms with Crippen LogP contribution in [0, 0.1) is 0 Å². The summed E-state index contributed by atoms with van der Waals surface area (Å²) in [4.78, 5) is 16.4. The monoisotopic (exact) mass is 368 g/mol. The third kappa shape index (κ3) is 4.71. The molecule has 144 valence electrons. The van der Waals surface area contributed by atoms with Gasteiger partial charge < -0.3 is 20.7 Å². The topological polar surface area (TPSA) is 70.8 Å². The summed E-state index contributed by atoms with van der Waals surface area (Å²) in [6.45, 7) is 6.98. The van der Waals surface area contributed by atoms with Gasteiger partial charge in [-0.25, -0.2) is 0 Å². The zero-order chi connectivity index (χ0) is 19.2. The van der Waals surface area contributed by atoms with Crippen molar-refractivity contribution in [1.82, 2.24) is 4.90 Å². The zero-order valence-corrected chi connectivity index (χ0v) is 16.0. The number of rotatable bonds is 7. The molecule has 1 amide bonds. The van der Waals surface area contributed by atoms with E-state index in [1.165, 1.54) is 5.69 Å². The molecule has 1 heterocycles. The molecule has 2 aromatic rings. The molecular formula is C21H28N4O2. The first-order valence-corrected chi connectivity index (χ1v) is 9.34. The second kappa shape index (κ2) is 8.77. The lowest BCUT2D eigenvalue weighted by Crippen LogP contribution is -2.51. The van der Waals surface area contributed by atoms with Gasteiger partial charge >= 0.3 is 0 Å². The van der Waals surface area contributed by atoms with Gasteiger partial charge in [0, 0.05) is 50.1 Å². The number of methoxy groups -OCH3 is 1. The molecule has 0 aliphatic carbocycles. The molecule has 1 fully saturated rings. The number of hydrogen-bond acceptors (Lipinski definition) is 5. The number of para-hydroxylation sites is 1. The Labute approximate surface area is 160 Å². The van der Waals surface area contributed by atoms with Gasteiger partial charge in [-0.05, 0) is 43.3 Å². The minimum Gasteiger partial charge on any atom is -0.497 e. The molecule has 2 aromatic carbocycles. The average molecular weight is 368 g/mol. The number of amides is 1. The van der Waals surface area contributed by atoms with Gasteiger partial charge in [0.05, 0.1) is 12.7 Å². The summed E-state index contributed by atoms with van der Waals surface area (Å²) in [6.07, 6.45) is 0. The van der Waals surface area contributed by atoms with E-state index in [0.717, 1.165) is 44.2 Å². The van der Waals surface area contributed by atoms with Crippen LogP contribution in [0.2, 0.25) is 0 Å². The van der Waals surface area contributed by atoms with Crippen molar-refractivity contribution in [2.75, 3.05) is 50.1 Å². The van der Waals surface area contributed by atoms with Crippen molar-refractivity contribution in [2.24, 2.45) is 5.73 Å². The molecule has 0 radical (unpaired) electrons. The van der Waals surface area contributed by atoms with Crippen LogP contribution in [-0.2, 0) is 0 Å². The number of nitrogens with one attached hydrogen (secondary N) is 1. The van der Waals surface area contributed by atoms with Crippen LogP contribution in [0.4, 0.5) is 11.4 Å². The Bertz CT molecular complexity index is 755. The number of carbonyl (C=O) groups excluding carboxylic acids is 1. The number of carbonyl (C=O) groups is 1. The highest BCUT2D eigenvalue weighted by Crippen LogP contribution is 2.21. The third-order valence-electron chi connectivity index (χ3n) is 5.16. The first-order valence-electron chi connectivity index (χ1n) is 9.34. The minimum atomic E-state index is -0.404. The highest BCUT2D eigenvalue weighted by molar-refractivity contribution is 5.98. The highest BCUT2D eigenvalue weighted by Gasteiger charge is 2.21. The van der Waals surface area contributed by atoms with E-state index in [0.29, 0.717) is 11.6 Å². The van der Waals surface area contributed by atoms with E-state index < -0.39 is 5.91 Å². The fraction of sp³-hybridized carbons (Fsp3) is 0.381. The molecule has 0 spiro atoms. The number of anilines is 2. The van der Waals surface area contributed by atoms with E-state index in [1.54, 1.807) is 13.2 Å². The van der Waals surface area contributed by atoms with Crippen LogP contribution < -0.4 is 20.7 Å². The van der Waals surface area contributed by atoms with E-state index in [9.17, 15) is 4.79 Å². The molecule has 3 rings (SSSR count). The number of primary amides is 1. The predicted molar refractivity (Wildman–Crippen MR) is 110 cm³/mol. The van der Waals surface area contributed by atoms with Gasteiger partial charge in [0.15, 0.2) is 0 Å². The Morgan fingerprint density at radius 2 is 1.78 bits per heavy atom. The van der Waals surface area contributed by atoms with Crippen LogP contribution in [0.5, 0.6) is 5.75 Å². The van der Waals surface area contributed by atoms with Crippen molar-refractivity contribution in [2.45, 2.75) is 13.0 Å². The van der Waals surface area contributed by atoms with Crippen LogP contribution in [0.15, 0.2) is 48.5 Å². The quantitative estimate of drug-likeness (QED) is 0.785. The van der Waals surface area contributed by atoms with Crippen molar-refractivity contribution < 1.29 is 9.53 Å². The second-order valence-corrected chi connectivity index (χ2v) is 6.86. The zero-order valence-electron chi connectivity index (χ0n) is 16.0. The number of benzene rings is 2. The highest BCUT2D eigenvalue weighted by atomic mass is 16.5. The van der Waals surface area contributed by atoms with E-state index in [4.69, 9.17) is 10.5 Å². The summed E-state index contributed by atoms with van der Waals surface area (Å²) in [5.41, 5.74) is 8.02. The van der Waals surface area contributed by atoms with E-state index in [2.05, 4.69) is 34.2 Å². The Balaban J connectivity index is 1.51. The predicted octanol–water partition coefficient (Wildman–Crippen LogP) is 2.42. The van der Waals surface area contributed by atoms with Crippen molar-refractivity contribution in [3.8, 4) is 5.75 Å². The third-order valence-corrected chi connectivity index (χ3v) is 5.16. The van der Waals surface area contributed by atoms with Crippen molar-refractivity contribution >= 4 is 17.3 Å².